The number of hydrogen-bond donors (Lipinski definition) is 2. The Morgan fingerprint density at radius 2 is 1.94 bits per heavy atom. The summed E-state index contributed by atoms with van der Waals surface area (Å²) in [6, 6.07) is 6.66. The third-order valence-corrected chi connectivity index (χ3v) is 3.48. The Labute approximate surface area is 108 Å². The van der Waals surface area contributed by atoms with Crippen molar-refractivity contribution in [2.45, 2.75) is 18.2 Å². The SMILES string of the molecule is CCNC(=O)CCNc1ccccc1S(C)(=O)=O. The van der Waals surface area contributed by atoms with Crippen LogP contribution in [0, 0.1) is 0 Å². The van der Waals surface area contributed by atoms with Gasteiger partial charge in [-0.05, 0) is 19.1 Å². The van der Waals surface area contributed by atoms with Gasteiger partial charge < -0.3 is 10.6 Å². The molecular formula is C12H18N2O3S. The average Bonchev–Trinajstić information content (AvgIpc) is 2.28. The predicted molar refractivity (Wildman–Crippen MR) is 71.3 cm³/mol. The van der Waals surface area contributed by atoms with Crippen LogP contribution in [0.3, 0.4) is 0 Å². The van der Waals surface area contributed by atoms with Crippen LogP contribution in [0.25, 0.3) is 0 Å². The highest BCUT2D eigenvalue weighted by Crippen LogP contribution is 2.20. The number of rotatable bonds is 6. The Kier molecular flexibility index (Phi) is 5.15. The number of benzene rings is 1. The maximum absolute atomic E-state index is 11.5. The smallest absolute Gasteiger partial charge is 0.221 e. The van der Waals surface area contributed by atoms with Gasteiger partial charge >= 0.3 is 0 Å². The van der Waals surface area contributed by atoms with Crippen molar-refractivity contribution in [1.29, 1.82) is 0 Å². The second kappa shape index (κ2) is 6.39. The van der Waals surface area contributed by atoms with Crippen molar-refractivity contribution in [2.75, 3.05) is 24.7 Å². The second-order valence-electron chi connectivity index (χ2n) is 3.90. The van der Waals surface area contributed by atoms with Crippen LogP contribution in [-0.2, 0) is 14.6 Å². The molecule has 0 bridgehead atoms. The highest BCUT2D eigenvalue weighted by Gasteiger charge is 2.12. The van der Waals surface area contributed by atoms with E-state index in [0.717, 1.165) is 6.26 Å². The van der Waals surface area contributed by atoms with Gasteiger partial charge in [-0.2, -0.15) is 0 Å². The lowest BCUT2D eigenvalue weighted by Crippen LogP contribution is -2.24. The fraction of sp³-hybridized carbons (Fsp3) is 0.417. The van der Waals surface area contributed by atoms with Crippen molar-refractivity contribution in [3.05, 3.63) is 24.3 Å². The normalized spacial score (nSPS) is 11.0. The third-order valence-electron chi connectivity index (χ3n) is 2.33. The monoisotopic (exact) mass is 270 g/mol. The van der Waals surface area contributed by atoms with E-state index in [1.165, 1.54) is 0 Å². The molecule has 18 heavy (non-hydrogen) atoms. The Balaban J connectivity index is 2.66. The molecule has 0 spiro atoms. The number of sulfone groups is 1. The van der Waals surface area contributed by atoms with Crippen molar-refractivity contribution in [3.8, 4) is 0 Å². The second-order valence-corrected chi connectivity index (χ2v) is 5.88. The van der Waals surface area contributed by atoms with E-state index in [1.807, 2.05) is 6.92 Å². The van der Waals surface area contributed by atoms with Gasteiger partial charge in [0, 0.05) is 25.8 Å². The lowest BCUT2D eigenvalue weighted by atomic mass is 10.3. The highest BCUT2D eigenvalue weighted by molar-refractivity contribution is 7.90. The van der Waals surface area contributed by atoms with Crippen LogP contribution in [0.2, 0.25) is 0 Å². The summed E-state index contributed by atoms with van der Waals surface area (Å²) in [4.78, 5) is 11.5. The number of nitrogens with one attached hydrogen (secondary N) is 2. The van der Waals surface area contributed by atoms with Crippen LogP contribution in [0.4, 0.5) is 5.69 Å². The summed E-state index contributed by atoms with van der Waals surface area (Å²) in [6.45, 7) is 2.85. The van der Waals surface area contributed by atoms with E-state index in [1.54, 1.807) is 24.3 Å². The van der Waals surface area contributed by atoms with E-state index in [4.69, 9.17) is 0 Å². The molecule has 100 valence electrons. The first-order valence-corrected chi connectivity index (χ1v) is 7.64. The number of carbonyl (C=O) groups is 1. The summed E-state index contributed by atoms with van der Waals surface area (Å²) >= 11 is 0. The van der Waals surface area contributed by atoms with Crippen LogP contribution in [0.1, 0.15) is 13.3 Å². The molecule has 0 fully saturated rings. The summed E-state index contributed by atoms with van der Waals surface area (Å²) < 4.78 is 23.1. The number of amides is 1. The predicted octanol–water partition coefficient (Wildman–Crippen LogP) is 1.03. The summed E-state index contributed by atoms with van der Waals surface area (Å²) in [5, 5.41) is 5.65. The summed E-state index contributed by atoms with van der Waals surface area (Å²) in [6.07, 6.45) is 1.48. The fourth-order valence-corrected chi connectivity index (χ4v) is 2.40. The van der Waals surface area contributed by atoms with E-state index in [2.05, 4.69) is 10.6 Å². The number of para-hydroxylation sites is 1. The molecule has 6 heteroatoms. The first-order chi connectivity index (χ1) is 8.45. The zero-order chi connectivity index (χ0) is 13.6. The molecule has 2 N–H and O–H groups in total. The molecule has 0 aliphatic rings. The molecule has 0 heterocycles. The van der Waals surface area contributed by atoms with E-state index in [0.29, 0.717) is 25.2 Å². The van der Waals surface area contributed by atoms with Gasteiger partial charge in [0.05, 0.1) is 10.6 Å². The van der Waals surface area contributed by atoms with Gasteiger partial charge in [0.2, 0.25) is 5.91 Å². The van der Waals surface area contributed by atoms with Crippen LogP contribution in [-0.4, -0.2) is 33.7 Å². The van der Waals surface area contributed by atoms with E-state index in [-0.39, 0.29) is 10.8 Å². The topological polar surface area (TPSA) is 75.3 Å². The molecule has 1 amide bonds. The molecule has 0 aromatic heterocycles. The maximum atomic E-state index is 11.5. The molecule has 1 aromatic rings. The lowest BCUT2D eigenvalue weighted by Gasteiger charge is -2.10. The summed E-state index contributed by atoms with van der Waals surface area (Å²) in [5.41, 5.74) is 0.532. The maximum Gasteiger partial charge on any atom is 0.221 e. The molecule has 5 nitrogen and oxygen atoms in total. The Morgan fingerprint density at radius 1 is 1.28 bits per heavy atom. The lowest BCUT2D eigenvalue weighted by molar-refractivity contribution is -0.120. The number of hydrogen-bond acceptors (Lipinski definition) is 4. The average molecular weight is 270 g/mol. The molecule has 0 radical (unpaired) electrons. The van der Waals surface area contributed by atoms with E-state index < -0.39 is 9.84 Å². The summed E-state index contributed by atoms with van der Waals surface area (Å²) in [7, 11) is -3.26. The standard InChI is InChI=1S/C12H18N2O3S/c1-3-13-12(15)8-9-14-10-6-4-5-7-11(10)18(2,16)17/h4-7,14H,3,8-9H2,1-2H3,(H,13,15). The minimum atomic E-state index is -3.26. The Hall–Kier alpha value is -1.56. The first kappa shape index (κ1) is 14.5. The number of anilines is 1. The van der Waals surface area contributed by atoms with Gasteiger partial charge in [0.15, 0.2) is 9.84 Å². The van der Waals surface area contributed by atoms with Crippen molar-refractivity contribution < 1.29 is 13.2 Å². The number of carbonyl (C=O) groups excluding carboxylic acids is 1. The third kappa shape index (κ3) is 4.37. The first-order valence-electron chi connectivity index (χ1n) is 5.74. The Morgan fingerprint density at radius 3 is 2.56 bits per heavy atom. The van der Waals surface area contributed by atoms with Gasteiger partial charge in [-0.15, -0.1) is 0 Å². The van der Waals surface area contributed by atoms with E-state index in [9.17, 15) is 13.2 Å². The van der Waals surface area contributed by atoms with Crippen LogP contribution < -0.4 is 10.6 Å². The fourth-order valence-electron chi connectivity index (χ4n) is 1.53. The van der Waals surface area contributed by atoms with Crippen molar-refractivity contribution in [2.24, 2.45) is 0 Å². The zero-order valence-corrected chi connectivity index (χ0v) is 11.4. The van der Waals surface area contributed by atoms with Crippen molar-refractivity contribution >= 4 is 21.4 Å². The minimum Gasteiger partial charge on any atom is -0.383 e. The molecule has 0 saturated carbocycles. The largest absolute Gasteiger partial charge is 0.383 e. The van der Waals surface area contributed by atoms with Crippen LogP contribution >= 0.6 is 0 Å². The minimum absolute atomic E-state index is 0.0539. The summed E-state index contributed by atoms with van der Waals surface area (Å²) in [5.74, 6) is -0.0539. The molecule has 0 aliphatic heterocycles. The van der Waals surface area contributed by atoms with Crippen molar-refractivity contribution in [3.63, 3.8) is 0 Å². The van der Waals surface area contributed by atoms with Crippen LogP contribution in [0.15, 0.2) is 29.2 Å². The van der Waals surface area contributed by atoms with Gasteiger partial charge in [-0.3, -0.25) is 4.79 Å². The Bertz CT molecular complexity index is 512. The van der Waals surface area contributed by atoms with Gasteiger partial charge in [0.1, 0.15) is 0 Å². The van der Waals surface area contributed by atoms with E-state index >= 15 is 0 Å². The van der Waals surface area contributed by atoms with Crippen molar-refractivity contribution in [1.82, 2.24) is 5.32 Å². The molecule has 0 aliphatic carbocycles. The highest BCUT2D eigenvalue weighted by atomic mass is 32.2. The molecule has 1 rings (SSSR count). The van der Waals surface area contributed by atoms with Gasteiger partial charge in [0.25, 0.3) is 0 Å². The molecule has 0 atom stereocenters. The van der Waals surface area contributed by atoms with Gasteiger partial charge in [-0.25, -0.2) is 8.42 Å². The molecule has 1 aromatic carbocycles. The molecule has 0 saturated heterocycles. The molecular weight excluding hydrogens is 252 g/mol. The van der Waals surface area contributed by atoms with Gasteiger partial charge in [-0.1, -0.05) is 12.1 Å². The zero-order valence-electron chi connectivity index (χ0n) is 10.6. The quantitative estimate of drug-likeness (QED) is 0.809. The molecule has 0 unspecified atom stereocenters. The van der Waals surface area contributed by atoms with Crippen LogP contribution in [0.5, 0.6) is 0 Å².